The number of nitrogens with zero attached hydrogens (tertiary/aromatic N) is 5. The summed E-state index contributed by atoms with van der Waals surface area (Å²) in [4.78, 5) is 41.6. The van der Waals surface area contributed by atoms with Gasteiger partial charge in [0.2, 0.25) is 5.95 Å². The van der Waals surface area contributed by atoms with Gasteiger partial charge in [-0.05, 0) is 63.5 Å². The van der Waals surface area contributed by atoms with Gasteiger partial charge in [0.05, 0.1) is 24.7 Å². The second-order valence-electron chi connectivity index (χ2n) is 11.8. The second kappa shape index (κ2) is 12.5. The average Bonchev–Trinajstić information content (AvgIpc) is 3.69. The Balaban J connectivity index is 1.15. The molecule has 2 aliphatic carbocycles. The number of piperidine rings is 1. The number of carbonyl (C=O) groups is 2. The molecule has 3 aliphatic rings. The Bertz CT molecular complexity index is 1400. The van der Waals surface area contributed by atoms with E-state index in [1.54, 1.807) is 29.2 Å². The first kappa shape index (κ1) is 28.2. The van der Waals surface area contributed by atoms with E-state index >= 15 is 0 Å². The smallest absolute Gasteiger partial charge is 0.339 e. The maximum Gasteiger partial charge on any atom is 0.339 e. The van der Waals surface area contributed by atoms with E-state index in [0.717, 1.165) is 68.3 Å². The molecule has 42 heavy (non-hydrogen) atoms. The van der Waals surface area contributed by atoms with E-state index in [2.05, 4.69) is 20.5 Å². The monoisotopic (exact) mass is 575 g/mol. The van der Waals surface area contributed by atoms with Crippen molar-refractivity contribution >= 4 is 40.6 Å². The molecule has 6 rings (SSSR count). The minimum absolute atomic E-state index is 0.131. The van der Waals surface area contributed by atoms with Crippen LogP contribution in [0.3, 0.4) is 0 Å². The Kier molecular flexibility index (Phi) is 8.41. The summed E-state index contributed by atoms with van der Waals surface area (Å²) < 4.78 is 7.08. The van der Waals surface area contributed by atoms with Crippen LogP contribution in [0.25, 0.3) is 11.2 Å². The van der Waals surface area contributed by atoms with Crippen molar-refractivity contribution in [1.82, 2.24) is 24.4 Å². The molecule has 2 saturated carbocycles. The van der Waals surface area contributed by atoms with Crippen molar-refractivity contribution in [2.45, 2.75) is 88.4 Å². The molecule has 1 aromatic carbocycles. The highest BCUT2D eigenvalue weighted by Crippen LogP contribution is 2.34. The lowest BCUT2D eigenvalue weighted by atomic mass is 9.92. The lowest BCUT2D eigenvalue weighted by Crippen LogP contribution is -2.44. The summed E-state index contributed by atoms with van der Waals surface area (Å²) in [5.41, 5.74) is 8.56. The van der Waals surface area contributed by atoms with Gasteiger partial charge in [0, 0.05) is 37.3 Å². The largest absolute Gasteiger partial charge is 0.465 e. The van der Waals surface area contributed by atoms with Crippen molar-refractivity contribution < 1.29 is 14.3 Å². The van der Waals surface area contributed by atoms with Gasteiger partial charge in [-0.15, -0.1) is 0 Å². The fourth-order valence-electron chi connectivity index (χ4n) is 6.47. The number of carbonyl (C=O) groups excluding carboxylic acids is 2. The molecule has 2 aromatic heterocycles. The van der Waals surface area contributed by atoms with Gasteiger partial charge in [-0.2, -0.15) is 9.97 Å². The molecule has 12 nitrogen and oxygen atoms in total. The van der Waals surface area contributed by atoms with E-state index in [1.165, 1.54) is 20.0 Å². The first-order valence-electron chi connectivity index (χ1n) is 15.2. The third-order valence-corrected chi connectivity index (χ3v) is 8.94. The van der Waals surface area contributed by atoms with Crippen LogP contribution in [0.15, 0.2) is 30.6 Å². The third-order valence-electron chi connectivity index (χ3n) is 8.94. The van der Waals surface area contributed by atoms with Gasteiger partial charge in [0.25, 0.3) is 0 Å². The SMILES string of the molecule is COC(=O)c1ccccc1NC(=O)N1CCC(Nc2nc(NC3CCC(N)CC3)nc3c2ncn3C2CCCC2)CC1. The van der Waals surface area contributed by atoms with Crippen LogP contribution in [-0.4, -0.2) is 74.7 Å². The number of nitrogens with one attached hydrogen (secondary N) is 3. The van der Waals surface area contributed by atoms with Crippen LogP contribution in [0.4, 0.5) is 22.2 Å². The number of nitrogens with two attached hydrogens (primary N) is 1. The predicted molar refractivity (Wildman–Crippen MR) is 162 cm³/mol. The van der Waals surface area contributed by atoms with Crippen LogP contribution < -0.4 is 21.7 Å². The Labute approximate surface area is 245 Å². The van der Waals surface area contributed by atoms with Gasteiger partial charge >= 0.3 is 12.0 Å². The van der Waals surface area contributed by atoms with Gasteiger partial charge in [-0.25, -0.2) is 14.6 Å². The maximum absolute atomic E-state index is 13.0. The van der Waals surface area contributed by atoms with Crippen molar-refractivity contribution in [3.05, 3.63) is 36.2 Å². The number of fused-ring (bicyclic) bond motifs is 1. The summed E-state index contributed by atoms with van der Waals surface area (Å²) in [6, 6.07) is 7.77. The molecule has 2 amide bonds. The van der Waals surface area contributed by atoms with E-state index in [4.69, 9.17) is 25.4 Å². The highest BCUT2D eigenvalue weighted by Gasteiger charge is 2.27. The van der Waals surface area contributed by atoms with E-state index in [1.807, 2.05) is 6.33 Å². The van der Waals surface area contributed by atoms with Crippen molar-refractivity contribution in [3.8, 4) is 0 Å². The van der Waals surface area contributed by atoms with Gasteiger partial charge in [-0.1, -0.05) is 25.0 Å². The molecular formula is C30H41N9O3. The molecule has 0 atom stereocenters. The number of amides is 2. The molecule has 3 heterocycles. The zero-order valence-corrected chi connectivity index (χ0v) is 24.2. The molecule has 0 unspecified atom stereocenters. The van der Waals surface area contributed by atoms with Crippen molar-refractivity contribution in [1.29, 1.82) is 0 Å². The molecule has 12 heteroatoms. The number of esters is 1. The summed E-state index contributed by atoms with van der Waals surface area (Å²) in [7, 11) is 1.33. The average molecular weight is 576 g/mol. The van der Waals surface area contributed by atoms with Crippen LogP contribution in [0.5, 0.6) is 0 Å². The Morgan fingerprint density at radius 1 is 0.929 bits per heavy atom. The molecule has 0 spiro atoms. The van der Waals surface area contributed by atoms with Crippen LogP contribution in [0.1, 0.15) is 80.6 Å². The number of hydrogen-bond donors (Lipinski definition) is 4. The molecule has 5 N–H and O–H groups in total. The molecule has 1 aliphatic heterocycles. The minimum Gasteiger partial charge on any atom is -0.465 e. The molecule has 3 aromatic rings. The second-order valence-corrected chi connectivity index (χ2v) is 11.8. The van der Waals surface area contributed by atoms with E-state index in [-0.39, 0.29) is 18.1 Å². The maximum atomic E-state index is 13.0. The van der Waals surface area contributed by atoms with Gasteiger partial charge < -0.3 is 35.9 Å². The first-order chi connectivity index (χ1) is 20.5. The van der Waals surface area contributed by atoms with Gasteiger partial charge in [-0.3, -0.25) is 0 Å². The van der Waals surface area contributed by atoms with Gasteiger partial charge in [0.1, 0.15) is 0 Å². The number of anilines is 3. The number of imidazole rings is 1. The van der Waals surface area contributed by atoms with Crippen LogP contribution in [-0.2, 0) is 4.74 Å². The Morgan fingerprint density at radius 3 is 2.38 bits per heavy atom. The summed E-state index contributed by atoms with van der Waals surface area (Å²) in [6.45, 7) is 1.14. The van der Waals surface area contributed by atoms with E-state index in [0.29, 0.717) is 42.4 Å². The number of likely N-dealkylation sites (tertiary alicyclic amines) is 1. The summed E-state index contributed by atoms with van der Waals surface area (Å²) >= 11 is 0. The normalized spacial score (nSPS) is 21.8. The zero-order valence-electron chi connectivity index (χ0n) is 24.2. The molecule has 0 radical (unpaired) electrons. The molecular weight excluding hydrogens is 534 g/mol. The topological polar surface area (TPSA) is 152 Å². The van der Waals surface area contributed by atoms with E-state index in [9.17, 15) is 9.59 Å². The number of ether oxygens (including phenoxy) is 1. The van der Waals surface area contributed by atoms with Crippen molar-refractivity contribution in [3.63, 3.8) is 0 Å². The third kappa shape index (κ3) is 6.13. The molecule has 224 valence electrons. The zero-order chi connectivity index (χ0) is 29.1. The lowest BCUT2D eigenvalue weighted by molar-refractivity contribution is 0.0602. The number of hydrogen-bond acceptors (Lipinski definition) is 9. The Morgan fingerprint density at radius 2 is 1.64 bits per heavy atom. The highest BCUT2D eigenvalue weighted by atomic mass is 16.5. The number of aromatic nitrogens is 4. The molecule has 0 bridgehead atoms. The molecule has 1 saturated heterocycles. The summed E-state index contributed by atoms with van der Waals surface area (Å²) in [6.07, 6.45) is 12.2. The number of rotatable bonds is 7. The highest BCUT2D eigenvalue weighted by molar-refractivity contribution is 6.00. The van der Waals surface area contributed by atoms with Crippen LogP contribution >= 0.6 is 0 Å². The van der Waals surface area contributed by atoms with Crippen LogP contribution in [0.2, 0.25) is 0 Å². The number of urea groups is 1. The molecule has 3 fully saturated rings. The number of methoxy groups -OCH3 is 1. The quantitative estimate of drug-likeness (QED) is 0.298. The fourth-order valence-corrected chi connectivity index (χ4v) is 6.47. The van der Waals surface area contributed by atoms with Crippen LogP contribution in [0, 0.1) is 0 Å². The van der Waals surface area contributed by atoms with Gasteiger partial charge in [0.15, 0.2) is 17.0 Å². The fraction of sp³-hybridized carbons (Fsp3) is 0.567. The number of para-hydroxylation sites is 1. The predicted octanol–water partition coefficient (Wildman–Crippen LogP) is 4.52. The minimum atomic E-state index is -0.485. The number of benzene rings is 1. The summed E-state index contributed by atoms with van der Waals surface area (Å²) in [5.74, 6) is 0.884. The van der Waals surface area contributed by atoms with E-state index < -0.39 is 5.97 Å². The first-order valence-corrected chi connectivity index (χ1v) is 15.2. The lowest BCUT2D eigenvalue weighted by Gasteiger charge is -2.33. The Hall–Kier alpha value is -3.93. The standard InChI is InChI=1S/C30H41N9O3/c1-42-28(40)23-8-4-5-9-24(23)35-30(41)38-16-14-21(15-17-38)33-26-25-27(39(18-32-25)22-6-2-3-7-22)37-29(36-26)34-20-12-10-19(31)11-13-20/h4-5,8-9,18-22H,2-3,6-7,10-17,31H2,1H3,(H,35,41)(H2,33,34,36,37). The van der Waals surface area contributed by atoms with Crippen molar-refractivity contribution in [2.75, 3.05) is 36.1 Å². The van der Waals surface area contributed by atoms with Crippen molar-refractivity contribution in [2.24, 2.45) is 5.73 Å². The summed E-state index contributed by atoms with van der Waals surface area (Å²) in [5, 5.41) is 10.1.